The molecule has 1 aromatic heterocycles. The maximum Gasteiger partial charge on any atom is 0.0484 e. The molecule has 1 aromatic rings. The second-order valence-electron chi connectivity index (χ2n) is 3.88. The fourth-order valence-corrected chi connectivity index (χ4v) is 2.41. The zero-order chi connectivity index (χ0) is 10.8. The smallest absolute Gasteiger partial charge is 0.0484 e. The van der Waals surface area contributed by atoms with Gasteiger partial charge in [0.2, 0.25) is 0 Å². The van der Waals surface area contributed by atoms with E-state index in [0.717, 1.165) is 6.54 Å². The molecule has 1 atom stereocenters. The highest BCUT2D eigenvalue weighted by Gasteiger charge is 2.23. The molecule has 14 heavy (non-hydrogen) atoms. The molecule has 0 aliphatic carbocycles. The number of hydrogen-bond donors (Lipinski definition) is 1. The minimum Gasteiger partial charge on any atom is -0.305 e. The second-order valence-corrected chi connectivity index (χ2v) is 6.39. The lowest BCUT2D eigenvalue weighted by Gasteiger charge is -2.29. The van der Waals surface area contributed by atoms with Gasteiger partial charge in [-0.25, -0.2) is 0 Å². The molecule has 0 saturated carbocycles. The number of hydrogen-bond acceptors (Lipinski definition) is 2. The summed E-state index contributed by atoms with van der Waals surface area (Å²) in [4.78, 5) is 1.32. The van der Waals surface area contributed by atoms with Crippen LogP contribution in [0.4, 0.5) is 0 Å². The topological polar surface area (TPSA) is 12.0 Å². The van der Waals surface area contributed by atoms with Crippen molar-refractivity contribution in [1.29, 1.82) is 0 Å². The van der Waals surface area contributed by atoms with Crippen LogP contribution in [0.25, 0.3) is 0 Å². The summed E-state index contributed by atoms with van der Waals surface area (Å²) in [5.41, 5.74) is -0.0367. The third-order valence-corrected chi connectivity index (χ3v) is 4.86. The third-order valence-electron chi connectivity index (χ3n) is 2.39. The second kappa shape index (κ2) is 4.97. The molecule has 0 aliphatic rings. The van der Waals surface area contributed by atoms with Crippen LogP contribution in [0.15, 0.2) is 15.9 Å². The Hall–Kier alpha value is 0.430. The highest BCUT2D eigenvalue weighted by atomic mass is 79.9. The van der Waals surface area contributed by atoms with Gasteiger partial charge in [-0.05, 0) is 48.1 Å². The van der Waals surface area contributed by atoms with E-state index in [1.165, 1.54) is 9.35 Å². The molecule has 0 radical (unpaired) electrons. The molecule has 80 valence electrons. The van der Waals surface area contributed by atoms with E-state index in [1.807, 2.05) is 6.92 Å². The summed E-state index contributed by atoms with van der Waals surface area (Å²) < 4.78 is 1.17. The van der Waals surface area contributed by atoms with Crippen LogP contribution in [-0.2, 0) is 6.54 Å². The number of nitrogens with one attached hydrogen (secondary N) is 1. The van der Waals surface area contributed by atoms with Gasteiger partial charge in [0.1, 0.15) is 0 Å². The highest BCUT2D eigenvalue weighted by molar-refractivity contribution is 9.10. The molecule has 0 aromatic carbocycles. The first kappa shape index (κ1) is 12.5. The van der Waals surface area contributed by atoms with Crippen molar-refractivity contribution in [2.45, 2.75) is 38.2 Å². The fourth-order valence-electron chi connectivity index (χ4n) is 0.900. The van der Waals surface area contributed by atoms with E-state index in [2.05, 4.69) is 46.5 Å². The van der Waals surface area contributed by atoms with Gasteiger partial charge in [0.05, 0.1) is 0 Å². The van der Waals surface area contributed by atoms with Crippen molar-refractivity contribution in [2.24, 2.45) is 0 Å². The molecule has 0 amide bonds. The Morgan fingerprint density at radius 2 is 2.29 bits per heavy atom. The lowest BCUT2D eigenvalue weighted by molar-refractivity contribution is 0.381. The average Bonchev–Trinajstić information content (AvgIpc) is 2.47. The molecule has 0 bridgehead atoms. The van der Waals surface area contributed by atoms with Crippen molar-refractivity contribution >= 4 is 38.9 Å². The lowest BCUT2D eigenvalue weighted by atomic mass is 10.0. The Morgan fingerprint density at radius 1 is 1.64 bits per heavy atom. The standard InChI is InChI=1S/C10H15BrClNS/c1-7(12)10(2,3)13-6-9-8(11)4-5-14-9/h4-5,7,13H,6H2,1-3H3. The zero-order valence-electron chi connectivity index (χ0n) is 8.60. The average molecular weight is 297 g/mol. The van der Waals surface area contributed by atoms with Crippen LogP contribution in [-0.4, -0.2) is 10.9 Å². The highest BCUT2D eigenvalue weighted by Crippen LogP contribution is 2.24. The van der Waals surface area contributed by atoms with Crippen LogP contribution in [0.3, 0.4) is 0 Å². The fraction of sp³-hybridized carbons (Fsp3) is 0.600. The summed E-state index contributed by atoms with van der Waals surface area (Å²) in [7, 11) is 0. The molecule has 0 saturated heterocycles. The molecule has 1 rings (SSSR count). The third kappa shape index (κ3) is 3.23. The zero-order valence-corrected chi connectivity index (χ0v) is 11.8. The van der Waals surface area contributed by atoms with Gasteiger partial charge in [0.15, 0.2) is 0 Å². The predicted octanol–water partition coefficient (Wildman–Crippen LogP) is 4.01. The Bertz CT molecular complexity index is 296. The molecular formula is C10H15BrClNS. The van der Waals surface area contributed by atoms with Gasteiger partial charge in [-0.3, -0.25) is 0 Å². The number of thiophene rings is 1. The van der Waals surface area contributed by atoms with Crippen LogP contribution >= 0.6 is 38.9 Å². The number of halogens is 2. The van der Waals surface area contributed by atoms with Crippen molar-refractivity contribution in [3.05, 3.63) is 20.8 Å². The van der Waals surface area contributed by atoms with Crippen molar-refractivity contribution in [3.63, 3.8) is 0 Å². The van der Waals surface area contributed by atoms with Crippen LogP contribution in [0.5, 0.6) is 0 Å². The van der Waals surface area contributed by atoms with Gasteiger partial charge in [0, 0.05) is 26.8 Å². The van der Waals surface area contributed by atoms with Crippen molar-refractivity contribution in [3.8, 4) is 0 Å². The van der Waals surface area contributed by atoms with Gasteiger partial charge >= 0.3 is 0 Å². The first-order chi connectivity index (χ1) is 6.43. The molecule has 0 fully saturated rings. The molecule has 1 N–H and O–H groups in total. The van der Waals surface area contributed by atoms with E-state index in [9.17, 15) is 0 Å². The molecule has 1 heterocycles. The van der Waals surface area contributed by atoms with E-state index in [4.69, 9.17) is 11.6 Å². The van der Waals surface area contributed by atoms with Gasteiger partial charge in [-0.15, -0.1) is 22.9 Å². The maximum atomic E-state index is 6.08. The van der Waals surface area contributed by atoms with Crippen molar-refractivity contribution in [1.82, 2.24) is 5.32 Å². The van der Waals surface area contributed by atoms with E-state index in [0.29, 0.717) is 0 Å². The van der Waals surface area contributed by atoms with E-state index < -0.39 is 0 Å². The molecule has 1 unspecified atom stereocenters. The summed E-state index contributed by atoms with van der Waals surface area (Å²) in [5, 5.41) is 5.64. The molecule has 0 aliphatic heterocycles. The van der Waals surface area contributed by atoms with E-state index >= 15 is 0 Å². The quantitative estimate of drug-likeness (QED) is 0.828. The molecule has 0 spiro atoms. The van der Waals surface area contributed by atoms with Crippen LogP contribution in [0.2, 0.25) is 0 Å². The molecule has 4 heteroatoms. The largest absolute Gasteiger partial charge is 0.305 e. The minimum absolute atomic E-state index is 0.0367. The maximum absolute atomic E-state index is 6.08. The first-order valence-electron chi connectivity index (χ1n) is 4.54. The summed E-state index contributed by atoms with van der Waals surface area (Å²) in [6.07, 6.45) is 0. The van der Waals surface area contributed by atoms with Gasteiger partial charge < -0.3 is 5.32 Å². The summed E-state index contributed by atoms with van der Waals surface area (Å²) >= 11 is 11.3. The Labute approximate surface area is 103 Å². The lowest BCUT2D eigenvalue weighted by Crippen LogP contribution is -2.45. The Morgan fingerprint density at radius 3 is 2.71 bits per heavy atom. The van der Waals surface area contributed by atoms with Crippen molar-refractivity contribution < 1.29 is 0 Å². The monoisotopic (exact) mass is 295 g/mol. The number of rotatable bonds is 4. The van der Waals surface area contributed by atoms with Crippen molar-refractivity contribution in [2.75, 3.05) is 0 Å². The van der Waals surface area contributed by atoms with Crippen LogP contribution in [0.1, 0.15) is 25.6 Å². The normalized spacial score (nSPS) is 14.4. The summed E-state index contributed by atoms with van der Waals surface area (Å²) in [6.45, 7) is 7.11. The summed E-state index contributed by atoms with van der Waals surface area (Å²) in [6, 6.07) is 2.07. The van der Waals surface area contributed by atoms with Gasteiger partial charge in [0.25, 0.3) is 0 Å². The molecular weight excluding hydrogens is 282 g/mol. The minimum atomic E-state index is -0.0367. The first-order valence-corrected chi connectivity index (χ1v) is 6.65. The van der Waals surface area contributed by atoms with Gasteiger partial charge in [-0.2, -0.15) is 0 Å². The van der Waals surface area contributed by atoms with Crippen LogP contribution < -0.4 is 5.32 Å². The SMILES string of the molecule is CC(Cl)C(C)(C)NCc1sccc1Br. The summed E-state index contributed by atoms with van der Waals surface area (Å²) in [5.74, 6) is 0. The van der Waals surface area contributed by atoms with Crippen LogP contribution in [0, 0.1) is 0 Å². The van der Waals surface area contributed by atoms with E-state index in [1.54, 1.807) is 11.3 Å². The Balaban J connectivity index is 2.53. The Kier molecular flexibility index (Phi) is 4.44. The molecule has 1 nitrogen and oxygen atoms in total. The van der Waals surface area contributed by atoms with E-state index in [-0.39, 0.29) is 10.9 Å². The predicted molar refractivity (Wildman–Crippen MR) is 68.3 cm³/mol. The van der Waals surface area contributed by atoms with Gasteiger partial charge in [-0.1, -0.05) is 0 Å². The number of alkyl halides is 1.